The van der Waals surface area contributed by atoms with E-state index in [1.807, 2.05) is 60.7 Å². The van der Waals surface area contributed by atoms with Gasteiger partial charge in [0.2, 0.25) is 0 Å². The molecule has 0 saturated carbocycles. The van der Waals surface area contributed by atoms with Gasteiger partial charge >= 0.3 is 0 Å². The van der Waals surface area contributed by atoms with Crippen molar-refractivity contribution in [3.63, 3.8) is 0 Å². The number of thiocarbonyl (C=S) groups is 1. The van der Waals surface area contributed by atoms with Crippen molar-refractivity contribution in [2.24, 2.45) is 0 Å². The average molecular weight is 313 g/mol. The summed E-state index contributed by atoms with van der Waals surface area (Å²) >= 11 is 6.21. The van der Waals surface area contributed by atoms with Gasteiger partial charge in [-0.05, 0) is 47.7 Å². The van der Waals surface area contributed by atoms with Gasteiger partial charge < -0.3 is 10.1 Å². The number of hydrogen-bond donors (Lipinski definition) is 1. The van der Waals surface area contributed by atoms with Crippen LogP contribution >= 0.6 is 24.0 Å². The number of amides is 1. The molecule has 104 valence electrons. The third-order valence-electron chi connectivity index (χ3n) is 2.78. The van der Waals surface area contributed by atoms with E-state index in [1.54, 1.807) is 0 Å². The topological polar surface area (TPSA) is 38.3 Å². The fourth-order valence-corrected chi connectivity index (χ4v) is 2.90. The van der Waals surface area contributed by atoms with Crippen LogP contribution < -0.4 is 10.1 Å². The standard InChI is InChI=1S/C16H11NO2S2/c18-16-17-15(20)14(21-16)10-11-5-4-8-13(9-11)19-12-6-2-1-3-7-12/h1-10H,(H,17,18,20)/b14-10-. The third-order valence-corrected chi connectivity index (χ3v) is 4.06. The van der Waals surface area contributed by atoms with Crippen molar-refractivity contribution in [3.05, 3.63) is 65.1 Å². The summed E-state index contributed by atoms with van der Waals surface area (Å²) in [7, 11) is 0. The predicted molar refractivity (Wildman–Crippen MR) is 89.7 cm³/mol. The van der Waals surface area contributed by atoms with Crippen molar-refractivity contribution >= 4 is 40.3 Å². The van der Waals surface area contributed by atoms with Gasteiger partial charge in [0.1, 0.15) is 16.5 Å². The Hall–Kier alpha value is -2.11. The van der Waals surface area contributed by atoms with Crippen LogP contribution in [0.3, 0.4) is 0 Å². The SMILES string of the molecule is O=C1NC(=S)/C(=C/c2cccc(Oc3ccccc3)c2)S1. The molecule has 0 bridgehead atoms. The first-order valence-electron chi connectivity index (χ1n) is 6.28. The van der Waals surface area contributed by atoms with Gasteiger partial charge in [-0.15, -0.1) is 0 Å². The predicted octanol–water partition coefficient (Wildman–Crippen LogP) is 4.60. The molecule has 0 spiro atoms. The molecule has 0 radical (unpaired) electrons. The van der Waals surface area contributed by atoms with Gasteiger partial charge in [-0.2, -0.15) is 0 Å². The second kappa shape index (κ2) is 6.11. The second-order valence-corrected chi connectivity index (χ2v) is 5.76. The molecule has 3 rings (SSSR count). The van der Waals surface area contributed by atoms with Crippen molar-refractivity contribution in [2.45, 2.75) is 0 Å². The molecule has 0 atom stereocenters. The third kappa shape index (κ3) is 3.51. The van der Waals surface area contributed by atoms with Gasteiger partial charge in [0.15, 0.2) is 0 Å². The van der Waals surface area contributed by atoms with Gasteiger partial charge in [0.05, 0.1) is 4.91 Å². The van der Waals surface area contributed by atoms with Crippen LogP contribution in [0.1, 0.15) is 5.56 Å². The minimum absolute atomic E-state index is 0.136. The van der Waals surface area contributed by atoms with Crippen LogP contribution in [-0.4, -0.2) is 10.2 Å². The molecule has 0 aromatic heterocycles. The largest absolute Gasteiger partial charge is 0.457 e. The van der Waals surface area contributed by atoms with Crippen LogP contribution in [0, 0.1) is 0 Å². The molecule has 0 unspecified atom stereocenters. The Morgan fingerprint density at radius 3 is 2.52 bits per heavy atom. The first kappa shape index (κ1) is 13.9. The van der Waals surface area contributed by atoms with E-state index in [0.717, 1.165) is 33.7 Å². The normalized spacial score (nSPS) is 16.1. The highest BCUT2D eigenvalue weighted by Gasteiger charge is 2.21. The van der Waals surface area contributed by atoms with Crippen LogP contribution in [0.4, 0.5) is 4.79 Å². The molecule has 0 aliphatic carbocycles. The van der Waals surface area contributed by atoms with Crippen molar-refractivity contribution in [1.82, 2.24) is 5.32 Å². The highest BCUT2D eigenvalue weighted by molar-refractivity contribution is 8.19. The van der Waals surface area contributed by atoms with Crippen molar-refractivity contribution in [2.75, 3.05) is 0 Å². The summed E-state index contributed by atoms with van der Waals surface area (Å²) in [4.78, 5) is 12.5. The van der Waals surface area contributed by atoms with Gasteiger partial charge in [-0.3, -0.25) is 4.79 Å². The van der Waals surface area contributed by atoms with Crippen molar-refractivity contribution < 1.29 is 9.53 Å². The molecule has 1 aliphatic heterocycles. The molecular weight excluding hydrogens is 302 g/mol. The summed E-state index contributed by atoms with van der Waals surface area (Å²) in [5.74, 6) is 1.52. The minimum atomic E-state index is -0.136. The summed E-state index contributed by atoms with van der Waals surface area (Å²) in [6, 6.07) is 17.2. The maximum atomic E-state index is 11.3. The van der Waals surface area contributed by atoms with E-state index in [2.05, 4.69) is 5.32 Å². The zero-order chi connectivity index (χ0) is 14.7. The lowest BCUT2D eigenvalue weighted by Crippen LogP contribution is -2.15. The molecular formula is C16H11NO2S2. The lowest BCUT2D eigenvalue weighted by atomic mass is 10.2. The lowest BCUT2D eigenvalue weighted by molar-refractivity contribution is 0.265. The maximum Gasteiger partial charge on any atom is 0.289 e. The van der Waals surface area contributed by atoms with Gasteiger partial charge in [-0.1, -0.05) is 42.5 Å². The van der Waals surface area contributed by atoms with E-state index >= 15 is 0 Å². The Morgan fingerprint density at radius 2 is 1.81 bits per heavy atom. The van der Waals surface area contributed by atoms with Gasteiger partial charge in [0.25, 0.3) is 5.24 Å². The van der Waals surface area contributed by atoms with Crippen LogP contribution in [0.15, 0.2) is 59.5 Å². The maximum absolute atomic E-state index is 11.3. The second-order valence-electron chi connectivity index (χ2n) is 4.34. The molecule has 2 aromatic carbocycles. The van der Waals surface area contributed by atoms with Gasteiger partial charge in [0, 0.05) is 0 Å². The van der Waals surface area contributed by atoms with Gasteiger partial charge in [-0.25, -0.2) is 0 Å². The highest BCUT2D eigenvalue weighted by Crippen LogP contribution is 2.28. The fourth-order valence-electron chi connectivity index (χ4n) is 1.86. The lowest BCUT2D eigenvalue weighted by Gasteiger charge is -2.06. The molecule has 1 amide bonds. The molecule has 2 aromatic rings. The molecule has 5 heteroatoms. The number of carbonyl (C=O) groups is 1. The molecule has 1 heterocycles. The Balaban J connectivity index is 1.82. The molecule has 1 saturated heterocycles. The Morgan fingerprint density at radius 1 is 1.05 bits per heavy atom. The first-order valence-corrected chi connectivity index (χ1v) is 7.51. The zero-order valence-electron chi connectivity index (χ0n) is 10.9. The number of hydrogen-bond acceptors (Lipinski definition) is 4. The van der Waals surface area contributed by atoms with E-state index in [9.17, 15) is 4.79 Å². The van der Waals surface area contributed by atoms with E-state index in [4.69, 9.17) is 17.0 Å². The van der Waals surface area contributed by atoms with Crippen molar-refractivity contribution in [1.29, 1.82) is 0 Å². The number of para-hydroxylation sites is 1. The highest BCUT2D eigenvalue weighted by atomic mass is 32.2. The first-order chi connectivity index (χ1) is 10.2. The number of ether oxygens (including phenoxy) is 1. The van der Waals surface area contributed by atoms with E-state index in [-0.39, 0.29) is 5.24 Å². The number of nitrogens with one attached hydrogen (secondary N) is 1. The number of thioether (sulfide) groups is 1. The Bertz CT molecular complexity index is 726. The fraction of sp³-hybridized carbons (Fsp3) is 0. The molecule has 1 N–H and O–H groups in total. The summed E-state index contributed by atoms with van der Waals surface area (Å²) in [5.41, 5.74) is 0.935. The summed E-state index contributed by atoms with van der Waals surface area (Å²) in [6.07, 6.45) is 1.88. The zero-order valence-corrected chi connectivity index (χ0v) is 12.5. The molecule has 3 nitrogen and oxygen atoms in total. The van der Waals surface area contributed by atoms with Crippen LogP contribution in [0.2, 0.25) is 0 Å². The summed E-state index contributed by atoms with van der Waals surface area (Å²) < 4.78 is 5.78. The Labute approximate surface area is 132 Å². The van der Waals surface area contributed by atoms with Crippen LogP contribution in [0.25, 0.3) is 6.08 Å². The summed E-state index contributed by atoms with van der Waals surface area (Å²) in [5, 5.41) is 2.46. The smallest absolute Gasteiger partial charge is 0.289 e. The molecule has 1 aliphatic rings. The van der Waals surface area contributed by atoms with Crippen LogP contribution in [-0.2, 0) is 0 Å². The van der Waals surface area contributed by atoms with E-state index in [0.29, 0.717) is 4.99 Å². The average Bonchev–Trinajstić information content (AvgIpc) is 2.78. The monoisotopic (exact) mass is 313 g/mol. The molecule has 1 fully saturated rings. The molecule has 21 heavy (non-hydrogen) atoms. The number of carbonyl (C=O) groups excluding carboxylic acids is 1. The van der Waals surface area contributed by atoms with E-state index < -0.39 is 0 Å². The van der Waals surface area contributed by atoms with Crippen molar-refractivity contribution in [3.8, 4) is 11.5 Å². The number of benzene rings is 2. The quantitative estimate of drug-likeness (QED) is 0.663. The van der Waals surface area contributed by atoms with E-state index in [1.165, 1.54) is 0 Å². The van der Waals surface area contributed by atoms with Crippen LogP contribution in [0.5, 0.6) is 11.5 Å². The summed E-state index contributed by atoms with van der Waals surface area (Å²) in [6.45, 7) is 0. The number of rotatable bonds is 3. The Kier molecular flexibility index (Phi) is 4.03. The minimum Gasteiger partial charge on any atom is -0.457 e.